The van der Waals surface area contributed by atoms with Gasteiger partial charge in [-0.05, 0) is 12.1 Å². The minimum absolute atomic E-state index is 0.726. The van der Waals surface area contributed by atoms with Crippen LogP contribution in [0.3, 0.4) is 0 Å². The highest BCUT2D eigenvalue weighted by Crippen LogP contribution is 2.18. The van der Waals surface area contributed by atoms with Gasteiger partial charge in [-0.3, -0.25) is 0 Å². The molecule has 0 bridgehead atoms. The first-order valence-corrected chi connectivity index (χ1v) is 5.10. The third kappa shape index (κ3) is 4.26. The number of halogens is 1. The lowest BCUT2D eigenvalue weighted by Crippen LogP contribution is -2.09. The summed E-state index contributed by atoms with van der Waals surface area (Å²) < 4.78 is 0. The number of carboxylic acids is 2. The van der Waals surface area contributed by atoms with Crippen LogP contribution in [-0.4, -0.2) is 32.1 Å². The van der Waals surface area contributed by atoms with Crippen molar-refractivity contribution in [3.05, 3.63) is 41.7 Å². The molecule has 1 aromatic carbocycles. The number of hydrogen-bond acceptors (Lipinski definition) is 3. The predicted molar refractivity (Wildman–Crippen MR) is 64.3 cm³/mol. The quantitative estimate of drug-likeness (QED) is 0.685. The number of imidazole rings is 1. The minimum atomic E-state index is -1.82. The van der Waals surface area contributed by atoms with E-state index in [0.29, 0.717) is 0 Å². The lowest BCUT2D eigenvalue weighted by molar-refractivity contribution is -0.159. The first-order valence-electron chi connectivity index (χ1n) is 4.72. The largest absolute Gasteiger partial charge is 0.473 e. The number of nitrogens with zero attached hydrogens (tertiary/aromatic N) is 1. The number of rotatable bonds is 1. The smallest absolute Gasteiger partial charge is 0.414 e. The fraction of sp³-hybridized carbons (Fsp3) is 0. The highest BCUT2D eigenvalue weighted by molar-refractivity contribution is 6.30. The number of H-pyrrole nitrogens is 1. The van der Waals surface area contributed by atoms with Crippen molar-refractivity contribution in [3.63, 3.8) is 0 Å². The van der Waals surface area contributed by atoms with Crippen molar-refractivity contribution in [1.82, 2.24) is 9.97 Å². The Morgan fingerprint density at radius 1 is 1.22 bits per heavy atom. The highest BCUT2D eigenvalue weighted by Gasteiger charge is 2.04. The molecule has 1 heterocycles. The third-order valence-electron chi connectivity index (χ3n) is 1.78. The predicted octanol–water partition coefficient (Wildman–Crippen LogP) is 1.89. The second-order valence-electron chi connectivity index (χ2n) is 3.06. The van der Waals surface area contributed by atoms with E-state index in [1.165, 1.54) is 0 Å². The van der Waals surface area contributed by atoms with E-state index in [1.807, 2.05) is 24.3 Å². The molecule has 0 saturated carbocycles. The van der Waals surface area contributed by atoms with Gasteiger partial charge in [-0.25, -0.2) is 14.6 Å². The van der Waals surface area contributed by atoms with Gasteiger partial charge >= 0.3 is 11.9 Å². The van der Waals surface area contributed by atoms with Gasteiger partial charge in [-0.2, -0.15) is 0 Å². The number of nitrogens with one attached hydrogen (secondary N) is 1. The van der Waals surface area contributed by atoms with Crippen LogP contribution < -0.4 is 0 Å². The Morgan fingerprint density at radius 2 is 1.89 bits per heavy atom. The number of benzene rings is 1. The van der Waals surface area contributed by atoms with E-state index in [0.717, 1.165) is 16.4 Å². The topological polar surface area (TPSA) is 103 Å². The number of aliphatic carboxylic acids is 2. The highest BCUT2D eigenvalue weighted by atomic mass is 35.5. The molecular weight excluding hydrogens is 260 g/mol. The normalized spacial score (nSPS) is 9.17. The Morgan fingerprint density at radius 3 is 2.33 bits per heavy atom. The number of carboxylic acid groups (broad SMARTS) is 2. The molecule has 0 saturated heterocycles. The van der Waals surface area contributed by atoms with Crippen LogP contribution in [-0.2, 0) is 9.59 Å². The van der Waals surface area contributed by atoms with Gasteiger partial charge in [0.2, 0.25) is 0 Å². The summed E-state index contributed by atoms with van der Waals surface area (Å²) in [6.45, 7) is 0. The van der Waals surface area contributed by atoms with Gasteiger partial charge in [0.05, 0.1) is 0 Å². The average Bonchev–Trinajstić information content (AvgIpc) is 2.83. The Bertz CT molecular complexity index is 528. The van der Waals surface area contributed by atoms with Crippen molar-refractivity contribution in [1.29, 1.82) is 0 Å². The van der Waals surface area contributed by atoms with Crippen LogP contribution in [0, 0.1) is 0 Å². The van der Waals surface area contributed by atoms with Crippen molar-refractivity contribution in [3.8, 4) is 11.4 Å². The molecule has 94 valence electrons. The van der Waals surface area contributed by atoms with Crippen LogP contribution in [0.25, 0.3) is 11.4 Å². The molecule has 0 atom stereocenters. The van der Waals surface area contributed by atoms with Crippen LogP contribution in [0.1, 0.15) is 0 Å². The van der Waals surface area contributed by atoms with Crippen LogP contribution >= 0.6 is 11.6 Å². The monoisotopic (exact) mass is 268 g/mol. The van der Waals surface area contributed by atoms with Gasteiger partial charge in [-0.1, -0.05) is 23.7 Å². The summed E-state index contributed by atoms with van der Waals surface area (Å²) in [7, 11) is 0. The maximum absolute atomic E-state index is 9.10. The molecule has 0 amide bonds. The molecule has 0 aliphatic heterocycles. The molecule has 18 heavy (non-hydrogen) atoms. The molecule has 0 unspecified atom stereocenters. The summed E-state index contributed by atoms with van der Waals surface area (Å²) in [6.07, 6.45) is 3.51. The Hall–Kier alpha value is -2.34. The molecular formula is C11H9ClN2O4. The minimum Gasteiger partial charge on any atom is -0.473 e. The maximum Gasteiger partial charge on any atom is 0.414 e. The van der Waals surface area contributed by atoms with E-state index in [1.54, 1.807) is 12.4 Å². The molecule has 1 aromatic heterocycles. The summed E-state index contributed by atoms with van der Waals surface area (Å²) in [6, 6.07) is 7.58. The summed E-state index contributed by atoms with van der Waals surface area (Å²) in [5, 5.41) is 15.5. The Balaban J connectivity index is 0.000000232. The number of aromatic amines is 1. The van der Waals surface area contributed by atoms with Gasteiger partial charge in [0, 0.05) is 23.0 Å². The maximum atomic E-state index is 9.10. The zero-order valence-corrected chi connectivity index (χ0v) is 9.76. The van der Waals surface area contributed by atoms with Crippen LogP contribution in [0.4, 0.5) is 0 Å². The molecule has 6 nitrogen and oxygen atoms in total. The zero-order valence-electron chi connectivity index (χ0n) is 9.00. The van der Waals surface area contributed by atoms with Gasteiger partial charge in [-0.15, -0.1) is 0 Å². The summed E-state index contributed by atoms with van der Waals surface area (Å²) in [4.78, 5) is 25.3. The second-order valence-corrected chi connectivity index (χ2v) is 3.49. The lowest BCUT2D eigenvalue weighted by atomic mass is 10.2. The van der Waals surface area contributed by atoms with Crippen LogP contribution in [0.2, 0.25) is 5.02 Å². The van der Waals surface area contributed by atoms with Gasteiger partial charge in [0.15, 0.2) is 0 Å². The Labute approximate surface area is 107 Å². The van der Waals surface area contributed by atoms with E-state index in [9.17, 15) is 0 Å². The van der Waals surface area contributed by atoms with E-state index in [4.69, 9.17) is 31.4 Å². The molecule has 2 rings (SSSR count). The fourth-order valence-corrected chi connectivity index (χ4v) is 1.25. The van der Waals surface area contributed by atoms with Crippen molar-refractivity contribution >= 4 is 23.5 Å². The van der Waals surface area contributed by atoms with Crippen LogP contribution in [0.15, 0.2) is 36.7 Å². The van der Waals surface area contributed by atoms with Gasteiger partial charge < -0.3 is 15.2 Å². The van der Waals surface area contributed by atoms with Crippen molar-refractivity contribution in [2.24, 2.45) is 0 Å². The van der Waals surface area contributed by atoms with E-state index in [2.05, 4.69) is 9.97 Å². The number of hydrogen-bond donors (Lipinski definition) is 3. The van der Waals surface area contributed by atoms with Crippen molar-refractivity contribution < 1.29 is 19.8 Å². The molecule has 0 radical (unpaired) electrons. The lowest BCUT2D eigenvalue weighted by Gasteiger charge is -1.95. The summed E-state index contributed by atoms with van der Waals surface area (Å²) >= 11 is 5.82. The second kappa shape index (κ2) is 6.41. The standard InChI is InChI=1S/C9H7ClN2.C2H2O4/c10-8-3-1-2-7(6-8)9-11-4-5-12-9;3-1(4)2(5)6/h1-6H,(H,11,12);(H,3,4)(H,5,6). The number of aromatic nitrogens is 2. The van der Waals surface area contributed by atoms with Crippen molar-refractivity contribution in [2.75, 3.05) is 0 Å². The molecule has 0 aliphatic carbocycles. The molecule has 0 spiro atoms. The van der Waals surface area contributed by atoms with Gasteiger partial charge in [0.25, 0.3) is 0 Å². The van der Waals surface area contributed by atoms with E-state index < -0.39 is 11.9 Å². The van der Waals surface area contributed by atoms with Crippen LogP contribution in [0.5, 0.6) is 0 Å². The summed E-state index contributed by atoms with van der Waals surface area (Å²) in [5.41, 5.74) is 1.01. The Kier molecular flexibility index (Phi) is 4.89. The molecule has 2 aromatic rings. The summed E-state index contributed by atoms with van der Waals surface area (Å²) in [5.74, 6) is -2.80. The fourth-order valence-electron chi connectivity index (χ4n) is 1.06. The molecule has 0 fully saturated rings. The van der Waals surface area contributed by atoms with E-state index >= 15 is 0 Å². The molecule has 7 heteroatoms. The average molecular weight is 269 g/mol. The first kappa shape index (κ1) is 13.7. The molecule has 0 aliphatic rings. The SMILES string of the molecule is Clc1cccc(-c2ncc[nH]2)c1.O=C(O)C(=O)O. The van der Waals surface area contributed by atoms with Gasteiger partial charge in [0.1, 0.15) is 5.82 Å². The first-order chi connectivity index (χ1) is 8.50. The molecule has 3 N–H and O–H groups in total. The number of carbonyl (C=O) groups is 2. The van der Waals surface area contributed by atoms with Crippen molar-refractivity contribution in [2.45, 2.75) is 0 Å². The van der Waals surface area contributed by atoms with E-state index in [-0.39, 0.29) is 0 Å². The zero-order chi connectivity index (χ0) is 13.5. The third-order valence-corrected chi connectivity index (χ3v) is 2.01.